The number of halogens is 1. The van der Waals surface area contributed by atoms with Crippen LogP contribution in [-0.2, 0) is 13.1 Å². The van der Waals surface area contributed by atoms with Crippen molar-refractivity contribution in [3.05, 3.63) is 100 Å². The molecular formula is C23H22BrN3O3. The van der Waals surface area contributed by atoms with Gasteiger partial charge < -0.3 is 9.88 Å². The van der Waals surface area contributed by atoms with Gasteiger partial charge in [0.25, 0.3) is 11.6 Å². The number of nitro benzene ring substituents is 1. The number of nitrogens with zero attached hydrogens (tertiary/aromatic N) is 2. The van der Waals surface area contributed by atoms with E-state index in [0.29, 0.717) is 23.5 Å². The molecule has 0 fully saturated rings. The average molecular weight is 468 g/mol. The smallest absolute Gasteiger partial charge is 0.269 e. The Hall–Kier alpha value is -3.19. The minimum absolute atomic E-state index is 0.0277. The van der Waals surface area contributed by atoms with Crippen LogP contribution in [0, 0.1) is 10.1 Å². The van der Waals surface area contributed by atoms with E-state index in [2.05, 4.69) is 32.4 Å². The van der Waals surface area contributed by atoms with Crippen LogP contribution in [0.2, 0.25) is 0 Å². The Bertz CT molecular complexity index is 1110. The number of rotatable bonds is 8. The van der Waals surface area contributed by atoms with Gasteiger partial charge in [-0.2, -0.15) is 0 Å². The first kappa shape index (κ1) is 21.5. The van der Waals surface area contributed by atoms with Gasteiger partial charge in [-0.05, 0) is 42.3 Å². The Balaban J connectivity index is 1.66. The molecule has 0 aliphatic heterocycles. The van der Waals surface area contributed by atoms with Crippen LogP contribution < -0.4 is 5.32 Å². The molecule has 3 rings (SSSR count). The molecule has 0 saturated heterocycles. The van der Waals surface area contributed by atoms with Crippen LogP contribution in [0.1, 0.15) is 22.8 Å². The largest absolute Gasteiger partial charge is 0.348 e. The van der Waals surface area contributed by atoms with Gasteiger partial charge in [-0.25, -0.2) is 0 Å². The van der Waals surface area contributed by atoms with Gasteiger partial charge in [0, 0.05) is 52.7 Å². The van der Waals surface area contributed by atoms with E-state index in [-0.39, 0.29) is 11.6 Å². The molecule has 0 aliphatic carbocycles. The highest BCUT2D eigenvalue weighted by molar-refractivity contribution is 9.09. The second-order valence-electron chi connectivity index (χ2n) is 7.02. The first-order chi connectivity index (χ1) is 14.3. The third kappa shape index (κ3) is 5.45. The summed E-state index contributed by atoms with van der Waals surface area (Å²) in [5.41, 5.74) is 3.41. The minimum atomic E-state index is -0.447. The first-order valence-electron chi connectivity index (χ1n) is 9.44. The summed E-state index contributed by atoms with van der Waals surface area (Å²) in [6.45, 7) is 7.11. The lowest BCUT2D eigenvalue weighted by Crippen LogP contribution is -2.22. The second-order valence-corrected chi connectivity index (χ2v) is 8.46. The third-order valence-electron chi connectivity index (χ3n) is 4.60. The number of hydrogen-bond donors (Lipinski definition) is 1. The van der Waals surface area contributed by atoms with Gasteiger partial charge in [0.05, 0.1) is 4.92 Å². The minimum Gasteiger partial charge on any atom is -0.348 e. The number of aromatic nitrogens is 1. The van der Waals surface area contributed by atoms with Crippen molar-refractivity contribution in [2.24, 2.45) is 0 Å². The molecule has 0 spiro atoms. The maximum Gasteiger partial charge on any atom is 0.269 e. The summed E-state index contributed by atoms with van der Waals surface area (Å²) in [6.07, 6.45) is 6.03. The van der Waals surface area contributed by atoms with E-state index in [4.69, 9.17) is 0 Å². The van der Waals surface area contributed by atoms with Gasteiger partial charge >= 0.3 is 0 Å². The molecule has 0 radical (unpaired) electrons. The average Bonchev–Trinajstić information content (AvgIpc) is 3.12. The van der Waals surface area contributed by atoms with Crippen LogP contribution in [0.5, 0.6) is 0 Å². The Morgan fingerprint density at radius 1 is 1.27 bits per heavy atom. The number of hydrogen-bond acceptors (Lipinski definition) is 3. The lowest BCUT2D eigenvalue weighted by atomic mass is 10.1. The highest BCUT2D eigenvalue weighted by Gasteiger charge is 2.10. The van der Waals surface area contributed by atoms with Crippen LogP contribution in [-0.4, -0.2) is 20.2 Å². The van der Waals surface area contributed by atoms with Crippen LogP contribution in [0.25, 0.3) is 10.9 Å². The van der Waals surface area contributed by atoms with Crippen molar-refractivity contribution < 1.29 is 9.72 Å². The number of fused-ring (bicyclic) bond motifs is 1. The molecule has 1 N–H and O–H groups in total. The summed E-state index contributed by atoms with van der Waals surface area (Å²) < 4.78 is 2.10. The quantitative estimate of drug-likeness (QED) is 0.209. The first-order valence-corrected chi connectivity index (χ1v) is 10.4. The number of nitro groups is 1. The number of nitrogens with one attached hydrogen (secondary N) is 1. The standard InChI is InChI=1S/C23H22BrN3O3/c1-16(3-4-17(2)24)15-26-12-11-19-13-20(7-10-22(19)26)23(28)25-14-18-5-8-21(9-6-18)27(29)30/h3-13,17H,1,14-15H2,2H3,(H,25,28)/b4-3-. The molecule has 6 nitrogen and oxygen atoms in total. The number of benzene rings is 2. The molecule has 1 atom stereocenters. The molecule has 3 aromatic rings. The second kappa shape index (κ2) is 9.54. The third-order valence-corrected chi connectivity index (χ3v) is 4.91. The van der Waals surface area contributed by atoms with Crippen molar-refractivity contribution in [3.63, 3.8) is 0 Å². The maximum absolute atomic E-state index is 12.5. The van der Waals surface area contributed by atoms with Gasteiger partial charge in [-0.3, -0.25) is 14.9 Å². The van der Waals surface area contributed by atoms with E-state index in [9.17, 15) is 14.9 Å². The number of non-ortho nitro benzene ring substituents is 1. The van der Waals surface area contributed by atoms with E-state index < -0.39 is 4.92 Å². The van der Waals surface area contributed by atoms with E-state index in [1.54, 1.807) is 18.2 Å². The molecule has 30 heavy (non-hydrogen) atoms. The molecule has 154 valence electrons. The fourth-order valence-corrected chi connectivity index (χ4v) is 3.19. The predicted octanol–water partition coefficient (Wildman–Crippen LogP) is 5.38. The van der Waals surface area contributed by atoms with Gasteiger partial charge in [0.2, 0.25) is 0 Å². The van der Waals surface area contributed by atoms with Crippen LogP contribution in [0.15, 0.2) is 79.0 Å². The molecule has 7 heteroatoms. The topological polar surface area (TPSA) is 77.2 Å². The number of carbonyl (C=O) groups excluding carboxylic acids is 1. The normalized spacial score (nSPS) is 12.2. The fraction of sp³-hybridized carbons (Fsp3) is 0.174. The molecule has 1 heterocycles. The molecule has 1 aromatic heterocycles. The van der Waals surface area contributed by atoms with E-state index in [0.717, 1.165) is 22.0 Å². The monoisotopic (exact) mass is 467 g/mol. The highest BCUT2D eigenvalue weighted by Crippen LogP contribution is 2.19. The van der Waals surface area contributed by atoms with Gasteiger partial charge in [0.1, 0.15) is 0 Å². The van der Waals surface area contributed by atoms with Gasteiger partial charge in [0.15, 0.2) is 0 Å². The van der Waals surface area contributed by atoms with Crippen molar-refractivity contribution in [2.75, 3.05) is 0 Å². The van der Waals surface area contributed by atoms with Crippen molar-refractivity contribution in [3.8, 4) is 0 Å². The summed E-state index contributed by atoms with van der Waals surface area (Å²) in [5.74, 6) is -0.193. The van der Waals surface area contributed by atoms with Crippen molar-refractivity contribution in [2.45, 2.75) is 24.8 Å². The lowest BCUT2D eigenvalue weighted by molar-refractivity contribution is -0.384. The maximum atomic E-state index is 12.5. The highest BCUT2D eigenvalue weighted by atomic mass is 79.9. The summed E-state index contributed by atoms with van der Waals surface area (Å²) in [7, 11) is 0. The zero-order valence-electron chi connectivity index (χ0n) is 16.5. The zero-order chi connectivity index (χ0) is 21.7. The Morgan fingerprint density at radius 2 is 2.00 bits per heavy atom. The fourth-order valence-electron chi connectivity index (χ4n) is 3.04. The zero-order valence-corrected chi connectivity index (χ0v) is 18.1. The SMILES string of the molecule is C=C(/C=C\C(C)Br)Cn1ccc2cc(C(=O)NCc3ccc([N+](=O)[O-])cc3)ccc21. The molecule has 1 unspecified atom stereocenters. The Kier molecular flexibility index (Phi) is 6.84. The number of allylic oxidation sites excluding steroid dienone is 3. The summed E-state index contributed by atoms with van der Waals surface area (Å²) in [5, 5.41) is 14.5. The molecule has 1 amide bonds. The summed E-state index contributed by atoms with van der Waals surface area (Å²) in [6, 6.07) is 13.7. The van der Waals surface area contributed by atoms with Gasteiger partial charge in [-0.1, -0.05) is 46.8 Å². The molecule has 0 aliphatic rings. The summed E-state index contributed by atoms with van der Waals surface area (Å²) >= 11 is 3.48. The van der Waals surface area contributed by atoms with Crippen molar-refractivity contribution in [1.29, 1.82) is 0 Å². The van der Waals surface area contributed by atoms with Gasteiger partial charge in [-0.15, -0.1) is 0 Å². The van der Waals surface area contributed by atoms with E-state index in [1.807, 2.05) is 43.5 Å². The van der Waals surface area contributed by atoms with Crippen molar-refractivity contribution in [1.82, 2.24) is 9.88 Å². The van der Waals surface area contributed by atoms with E-state index in [1.165, 1.54) is 12.1 Å². The number of alkyl halides is 1. The molecule has 0 bridgehead atoms. The molecule has 2 aromatic carbocycles. The number of amides is 1. The molecule has 0 saturated carbocycles. The number of carbonyl (C=O) groups is 1. The van der Waals surface area contributed by atoms with Crippen molar-refractivity contribution >= 4 is 38.4 Å². The lowest BCUT2D eigenvalue weighted by Gasteiger charge is -2.08. The van der Waals surface area contributed by atoms with Crippen LogP contribution in [0.4, 0.5) is 5.69 Å². The van der Waals surface area contributed by atoms with E-state index >= 15 is 0 Å². The predicted molar refractivity (Wildman–Crippen MR) is 123 cm³/mol. The summed E-state index contributed by atoms with van der Waals surface area (Å²) in [4.78, 5) is 23.1. The molecular weight excluding hydrogens is 446 g/mol. The Labute approximate surface area is 183 Å². The van der Waals surface area contributed by atoms with Crippen LogP contribution >= 0.6 is 15.9 Å². The van der Waals surface area contributed by atoms with Crippen LogP contribution in [0.3, 0.4) is 0 Å². The Morgan fingerprint density at radius 3 is 2.67 bits per heavy atom.